The normalized spacial score (nSPS) is 17.8. The molecule has 2 rings (SSSR count). The van der Waals surface area contributed by atoms with Crippen molar-refractivity contribution in [3.63, 3.8) is 0 Å². The molecule has 0 bridgehead atoms. The van der Waals surface area contributed by atoms with Crippen LogP contribution in [0.3, 0.4) is 0 Å². The number of thiol groups is 1. The highest BCUT2D eigenvalue weighted by atomic mass is 32.1. The first-order chi connectivity index (χ1) is 8.09. The molecule has 0 fully saturated rings. The van der Waals surface area contributed by atoms with Crippen LogP contribution in [0.25, 0.3) is 0 Å². The molecule has 0 unspecified atom stereocenters. The van der Waals surface area contributed by atoms with Crippen molar-refractivity contribution in [1.29, 1.82) is 0 Å². The molecule has 1 aliphatic rings. The van der Waals surface area contributed by atoms with E-state index in [0.29, 0.717) is 12.3 Å². The minimum atomic E-state index is -0.411. The van der Waals surface area contributed by atoms with Crippen molar-refractivity contribution in [2.75, 3.05) is 17.2 Å². The van der Waals surface area contributed by atoms with Gasteiger partial charge in [-0.05, 0) is 25.5 Å². The Bertz CT molecular complexity index is 465. The molecular weight excluding hydrogens is 230 g/mol. The Labute approximate surface area is 108 Å². The Balaban J connectivity index is 2.36. The summed E-state index contributed by atoms with van der Waals surface area (Å²) in [4.78, 5) is 14.2. The number of amides is 1. The molecule has 17 heavy (non-hydrogen) atoms. The van der Waals surface area contributed by atoms with Gasteiger partial charge in [-0.3, -0.25) is 4.79 Å². The Kier molecular flexibility index (Phi) is 3.29. The van der Waals surface area contributed by atoms with Crippen molar-refractivity contribution in [3.05, 3.63) is 42.0 Å². The Hall–Kier alpha value is -1.22. The van der Waals surface area contributed by atoms with Crippen molar-refractivity contribution >= 4 is 24.2 Å². The van der Waals surface area contributed by atoms with E-state index in [9.17, 15) is 4.79 Å². The van der Waals surface area contributed by atoms with Crippen LogP contribution in [0, 0.1) is 0 Å². The van der Waals surface area contributed by atoms with Crippen LogP contribution in [0.1, 0.15) is 19.4 Å². The van der Waals surface area contributed by atoms with Gasteiger partial charge in [-0.2, -0.15) is 12.6 Å². The van der Waals surface area contributed by atoms with Gasteiger partial charge in [-0.15, -0.1) is 0 Å². The third-order valence-electron chi connectivity index (χ3n) is 3.21. The molecule has 0 saturated carbocycles. The summed E-state index contributed by atoms with van der Waals surface area (Å²) in [6.07, 6.45) is 3.95. The van der Waals surface area contributed by atoms with E-state index >= 15 is 0 Å². The maximum Gasteiger partial charge on any atom is 0.237 e. The fourth-order valence-electron chi connectivity index (χ4n) is 2.24. The maximum atomic E-state index is 12.4. The van der Waals surface area contributed by atoms with Crippen LogP contribution in [0.4, 0.5) is 5.69 Å². The van der Waals surface area contributed by atoms with E-state index < -0.39 is 5.41 Å². The molecule has 0 aromatic heterocycles. The van der Waals surface area contributed by atoms with Gasteiger partial charge >= 0.3 is 0 Å². The number of fused-ring (bicyclic) bond motifs is 1. The van der Waals surface area contributed by atoms with Crippen LogP contribution in [-0.2, 0) is 10.2 Å². The standard InChI is InChI=1S/C14H17NOS/c1-14(2)11-7-3-4-8-12(11)15(13(14)16)9-5-6-10-17/h3-8,17H,9-10H2,1-2H3. The van der Waals surface area contributed by atoms with Crippen LogP contribution in [-0.4, -0.2) is 18.2 Å². The molecule has 1 aliphatic heterocycles. The van der Waals surface area contributed by atoms with Crippen LogP contribution < -0.4 is 4.90 Å². The molecule has 1 amide bonds. The number of hydrogen-bond donors (Lipinski definition) is 1. The fraction of sp³-hybridized carbons (Fsp3) is 0.357. The van der Waals surface area contributed by atoms with Crippen molar-refractivity contribution < 1.29 is 4.79 Å². The minimum absolute atomic E-state index is 0.169. The summed E-state index contributed by atoms with van der Waals surface area (Å²) in [5, 5.41) is 0. The molecule has 1 aromatic rings. The molecular formula is C14H17NOS. The Morgan fingerprint density at radius 3 is 2.71 bits per heavy atom. The average Bonchev–Trinajstić information content (AvgIpc) is 2.51. The third kappa shape index (κ3) is 2.00. The minimum Gasteiger partial charge on any atom is -0.308 e. The Morgan fingerprint density at radius 2 is 2.00 bits per heavy atom. The second kappa shape index (κ2) is 4.57. The number of anilines is 1. The molecule has 90 valence electrons. The molecule has 3 heteroatoms. The average molecular weight is 247 g/mol. The molecule has 0 saturated heterocycles. The molecule has 1 heterocycles. The summed E-state index contributed by atoms with van der Waals surface area (Å²) in [6, 6.07) is 8.01. The van der Waals surface area contributed by atoms with Crippen LogP contribution in [0.2, 0.25) is 0 Å². The number of benzene rings is 1. The van der Waals surface area contributed by atoms with Gasteiger partial charge in [0.05, 0.1) is 5.41 Å². The summed E-state index contributed by atoms with van der Waals surface area (Å²) in [5.74, 6) is 0.870. The highest BCUT2D eigenvalue weighted by Crippen LogP contribution is 2.40. The Morgan fingerprint density at radius 1 is 1.29 bits per heavy atom. The van der Waals surface area contributed by atoms with Gasteiger partial charge in [0.25, 0.3) is 0 Å². The third-order valence-corrected chi connectivity index (χ3v) is 3.42. The predicted octanol–water partition coefficient (Wildman–Crippen LogP) is 2.80. The highest BCUT2D eigenvalue weighted by Gasteiger charge is 2.42. The fourth-order valence-corrected chi connectivity index (χ4v) is 2.38. The van der Waals surface area contributed by atoms with Crippen molar-refractivity contribution in [1.82, 2.24) is 0 Å². The monoisotopic (exact) mass is 247 g/mol. The molecule has 1 aromatic carbocycles. The smallest absolute Gasteiger partial charge is 0.237 e. The lowest BCUT2D eigenvalue weighted by atomic mass is 9.86. The van der Waals surface area contributed by atoms with Gasteiger partial charge in [-0.1, -0.05) is 30.4 Å². The van der Waals surface area contributed by atoms with E-state index in [1.807, 2.05) is 55.2 Å². The van der Waals surface area contributed by atoms with Gasteiger partial charge in [0, 0.05) is 18.0 Å². The topological polar surface area (TPSA) is 20.3 Å². The summed E-state index contributed by atoms with van der Waals surface area (Å²) < 4.78 is 0. The number of carbonyl (C=O) groups is 1. The van der Waals surface area contributed by atoms with E-state index in [4.69, 9.17) is 0 Å². The van der Waals surface area contributed by atoms with E-state index in [1.54, 1.807) is 0 Å². The van der Waals surface area contributed by atoms with Crippen LogP contribution in [0.15, 0.2) is 36.4 Å². The molecule has 2 nitrogen and oxygen atoms in total. The molecule has 0 radical (unpaired) electrons. The SMILES string of the molecule is CC1(C)C(=O)N(CC=CCS)c2ccccc21. The van der Waals surface area contributed by atoms with Gasteiger partial charge in [0.15, 0.2) is 0 Å². The lowest BCUT2D eigenvalue weighted by molar-refractivity contribution is -0.121. The number of nitrogens with zero attached hydrogens (tertiary/aromatic N) is 1. The number of rotatable bonds is 3. The first kappa shape index (κ1) is 12.2. The first-order valence-electron chi connectivity index (χ1n) is 5.76. The lowest BCUT2D eigenvalue weighted by Crippen LogP contribution is -2.36. The van der Waals surface area contributed by atoms with Crippen LogP contribution in [0.5, 0.6) is 0 Å². The largest absolute Gasteiger partial charge is 0.308 e. The van der Waals surface area contributed by atoms with Crippen molar-refractivity contribution in [3.8, 4) is 0 Å². The molecule has 0 N–H and O–H groups in total. The number of hydrogen-bond acceptors (Lipinski definition) is 2. The maximum absolute atomic E-state index is 12.4. The number of carbonyl (C=O) groups excluding carboxylic acids is 1. The quantitative estimate of drug-likeness (QED) is 0.643. The summed E-state index contributed by atoms with van der Waals surface area (Å²) >= 11 is 4.12. The zero-order valence-corrected chi connectivity index (χ0v) is 11.1. The van der Waals surface area contributed by atoms with E-state index in [2.05, 4.69) is 12.6 Å². The summed E-state index contributed by atoms with van der Waals surface area (Å²) in [7, 11) is 0. The predicted molar refractivity (Wildman–Crippen MR) is 74.8 cm³/mol. The number of para-hydroxylation sites is 1. The van der Waals surface area contributed by atoms with Gasteiger partial charge in [0.1, 0.15) is 0 Å². The van der Waals surface area contributed by atoms with Gasteiger partial charge in [-0.25, -0.2) is 0 Å². The second-order valence-corrected chi connectivity index (χ2v) is 5.08. The zero-order valence-electron chi connectivity index (χ0n) is 10.2. The molecule has 0 spiro atoms. The lowest BCUT2D eigenvalue weighted by Gasteiger charge is -2.18. The van der Waals surface area contributed by atoms with Crippen molar-refractivity contribution in [2.24, 2.45) is 0 Å². The molecule has 0 aliphatic carbocycles. The summed E-state index contributed by atoms with van der Waals surface area (Å²) in [6.45, 7) is 4.59. The molecule has 0 atom stereocenters. The van der Waals surface area contributed by atoms with Crippen LogP contribution >= 0.6 is 12.6 Å². The van der Waals surface area contributed by atoms with Crippen molar-refractivity contribution in [2.45, 2.75) is 19.3 Å². The first-order valence-corrected chi connectivity index (χ1v) is 6.39. The highest BCUT2D eigenvalue weighted by molar-refractivity contribution is 7.80. The second-order valence-electron chi connectivity index (χ2n) is 4.71. The van der Waals surface area contributed by atoms with Gasteiger partial charge in [0.2, 0.25) is 5.91 Å². The van der Waals surface area contributed by atoms with Gasteiger partial charge < -0.3 is 4.90 Å². The summed E-state index contributed by atoms with van der Waals surface area (Å²) in [5.41, 5.74) is 1.74. The van der Waals surface area contributed by atoms with E-state index in [-0.39, 0.29) is 5.91 Å². The van der Waals surface area contributed by atoms with E-state index in [1.165, 1.54) is 0 Å². The van der Waals surface area contributed by atoms with E-state index in [0.717, 1.165) is 11.3 Å². The zero-order chi connectivity index (χ0) is 12.5.